The molecule has 8 N–H and O–H groups in total. The van der Waals surface area contributed by atoms with Gasteiger partial charge in [-0.1, -0.05) is 71.9 Å². The molecule has 1 fully saturated rings. The van der Waals surface area contributed by atoms with Gasteiger partial charge in [0.1, 0.15) is 43.1 Å². The number of aliphatic hydroxyl groups is 3. The summed E-state index contributed by atoms with van der Waals surface area (Å²) >= 11 is 0. The lowest BCUT2D eigenvalue weighted by molar-refractivity contribution is -0.241. The van der Waals surface area contributed by atoms with E-state index in [4.69, 9.17) is 34.3 Å². The zero-order valence-electron chi connectivity index (χ0n) is 37.8. The van der Waals surface area contributed by atoms with Gasteiger partial charge in [-0.15, -0.1) is 0 Å². The molecular formula is C45H64N4O16. The molecule has 20 nitrogen and oxygen atoms in total. The predicted octanol–water partition coefficient (Wildman–Crippen LogP) is 2.55. The van der Waals surface area contributed by atoms with Crippen LogP contribution in [0.4, 0.5) is 10.5 Å². The topological polar surface area (TPSA) is 313 Å². The number of urea groups is 1. The van der Waals surface area contributed by atoms with Crippen molar-refractivity contribution >= 4 is 53.2 Å². The lowest BCUT2D eigenvalue weighted by Gasteiger charge is -2.35. The average Bonchev–Trinajstić information content (AvgIpc) is 3.28. The van der Waals surface area contributed by atoms with Crippen molar-refractivity contribution in [3.8, 4) is 5.75 Å². The molecule has 0 radical (unpaired) electrons. The van der Waals surface area contributed by atoms with Crippen LogP contribution in [-0.2, 0) is 72.2 Å². The van der Waals surface area contributed by atoms with E-state index < -0.39 is 42.6 Å². The second kappa shape index (κ2) is 30.9. The molecule has 2 aromatic rings. The average molecular weight is 917 g/mol. The van der Waals surface area contributed by atoms with Crippen LogP contribution in [-0.4, -0.2) is 107 Å². The Morgan fingerprint density at radius 2 is 1.38 bits per heavy atom. The monoisotopic (exact) mass is 916 g/mol. The molecule has 3 rings (SSSR count). The van der Waals surface area contributed by atoms with Crippen LogP contribution >= 0.6 is 0 Å². The summed E-state index contributed by atoms with van der Waals surface area (Å²) in [7, 11) is 0. The second-order valence-electron chi connectivity index (χ2n) is 15.1. The lowest BCUT2D eigenvalue weighted by atomic mass is 9.88. The summed E-state index contributed by atoms with van der Waals surface area (Å²) in [5.41, 5.74) is 7.61. The van der Waals surface area contributed by atoms with E-state index in [0.717, 1.165) is 11.1 Å². The van der Waals surface area contributed by atoms with Crippen LogP contribution in [0.15, 0.2) is 42.5 Å². The van der Waals surface area contributed by atoms with Crippen molar-refractivity contribution in [1.82, 2.24) is 10.6 Å². The van der Waals surface area contributed by atoms with Crippen LogP contribution < -0.4 is 26.4 Å². The number of benzene rings is 2. The van der Waals surface area contributed by atoms with Crippen molar-refractivity contribution in [3.05, 3.63) is 59.2 Å². The zero-order chi connectivity index (χ0) is 49.1. The Bertz CT molecular complexity index is 1880. The third-order valence-corrected chi connectivity index (χ3v) is 9.77. The minimum absolute atomic E-state index is 0.00269. The number of amides is 4. The summed E-state index contributed by atoms with van der Waals surface area (Å²) in [6.45, 7) is 10.9. The number of nitrogens with one attached hydrogen (secondary N) is 3. The maximum atomic E-state index is 13.1. The molecule has 0 saturated carbocycles. The van der Waals surface area contributed by atoms with Crippen molar-refractivity contribution in [3.63, 3.8) is 0 Å². The van der Waals surface area contributed by atoms with Crippen LogP contribution in [0.25, 0.3) is 0 Å². The number of aliphatic hydroxyl groups excluding tert-OH is 3. The van der Waals surface area contributed by atoms with E-state index >= 15 is 0 Å². The fraction of sp³-hybridized carbons (Fsp3) is 0.556. The Kier molecular flexibility index (Phi) is 27.1. The van der Waals surface area contributed by atoms with Gasteiger partial charge in [0.05, 0.1) is 18.3 Å². The number of ether oxygens (including phenoxy) is 4. The molecule has 0 bridgehead atoms. The van der Waals surface area contributed by atoms with E-state index in [0.29, 0.717) is 36.9 Å². The van der Waals surface area contributed by atoms with Crippen LogP contribution in [0.3, 0.4) is 0 Å². The molecule has 1 aliphatic rings. The van der Waals surface area contributed by atoms with Gasteiger partial charge in [0, 0.05) is 51.0 Å². The standard InChI is InChI=1S/C26H39N3O6.C18H25NO8.CO2/c1-5-20(30)15-21(17(3)4)25(33)29-22(8-7-13-28-26(27)34)23(31)14-18-9-11-19(12-10-18)16-35-24(32)6-2;1-3-14(21)19-11-7-10(8-25-15(22)4-2)5-6-13(11)27-18-17(24)16(23)12(20)9-26-18;2-1-3/h9-12,17,21-22H,5-8,13-16H2,1-4H3,(H,29,33)(H3,27,28,34);5-7,12,16-18,20,23-24H,3-4,8-9H2,1-2H3,(H,19,21);/t21-,22-;12-,16+,17-,18?;/m01./s1. The highest BCUT2D eigenvalue weighted by molar-refractivity contribution is 5.93. The Labute approximate surface area is 378 Å². The van der Waals surface area contributed by atoms with Crippen molar-refractivity contribution in [1.29, 1.82) is 0 Å². The van der Waals surface area contributed by atoms with Crippen LogP contribution in [0.5, 0.6) is 5.75 Å². The first-order chi connectivity index (χ1) is 30.8. The molecule has 2 aromatic carbocycles. The number of carbonyl (C=O) groups is 7. The summed E-state index contributed by atoms with van der Waals surface area (Å²) in [4.78, 5) is 99.7. The summed E-state index contributed by atoms with van der Waals surface area (Å²) < 4.78 is 21.0. The quantitative estimate of drug-likeness (QED) is 0.0622. The molecule has 65 heavy (non-hydrogen) atoms. The number of Topliss-reactive ketones (excluding diaryl/α,β-unsaturated/α-hetero) is 2. The number of hydrogen-bond donors (Lipinski definition) is 7. The minimum atomic E-state index is -1.46. The number of anilines is 1. The van der Waals surface area contributed by atoms with Gasteiger partial charge in [0.2, 0.25) is 18.1 Å². The normalized spacial score (nSPS) is 17.2. The molecular weight excluding hydrogens is 853 g/mol. The van der Waals surface area contributed by atoms with E-state index in [2.05, 4.69) is 16.0 Å². The van der Waals surface area contributed by atoms with Crippen molar-refractivity contribution < 1.29 is 77.4 Å². The zero-order valence-corrected chi connectivity index (χ0v) is 37.8. The van der Waals surface area contributed by atoms with Gasteiger partial charge in [0.15, 0.2) is 5.78 Å². The van der Waals surface area contributed by atoms with E-state index in [9.17, 15) is 48.9 Å². The number of hydrogen-bond acceptors (Lipinski definition) is 16. The maximum absolute atomic E-state index is 13.1. The molecule has 1 unspecified atom stereocenters. The third-order valence-electron chi connectivity index (χ3n) is 9.77. The molecule has 0 aromatic heterocycles. The molecule has 1 saturated heterocycles. The molecule has 0 spiro atoms. The maximum Gasteiger partial charge on any atom is 0.373 e. The third kappa shape index (κ3) is 21.9. The summed E-state index contributed by atoms with van der Waals surface area (Å²) in [5, 5.41) is 37.3. The van der Waals surface area contributed by atoms with Crippen LogP contribution in [0.2, 0.25) is 0 Å². The number of ketones is 2. The number of esters is 2. The van der Waals surface area contributed by atoms with Crippen LogP contribution in [0.1, 0.15) is 103 Å². The summed E-state index contributed by atoms with van der Waals surface area (Å²) in [6.07, 6.45) is -2.91. The first-order valence-corrected chi connectivity index (χ1v) is 21.4. The van der Waals surface area contributed by atoms with Crippen molar-refractivity contribution in [2.45, 2.75) is 137 Å². The Morgan fingerprint density at radius 3 is 1.92 bits per heavy atom. The number of primary amides is 1. The fourth-order valence-corrected chi connectivity index (χ4v) is 5.85. The van der Waals surface area contributed by atoms with E-state index in [1.807, 2.05) is 13.8 Å². The number of carbonyl (C=O) groups excluding carboxylic acids is 9. The Balaban J connectivity index is 0.000000629. The molecule has 1 heterocycles. The molecule has 4 amide bonds. The van der Waals surface area contributed by atoms with Gasteiger partial charge < -0.3 is 56.0 Å². The molecule has 0 aliphatic carbocycles. The van der Waals surface area contributed by atoms with Crippen molar-refractivity contribution in [2.24, 2.45) is 17.6 Å². The van der Waals surface area contributed by atoms with E-state index in [1.54, 1.807) is 64.1 Å². The highest BCUT2D eigenvalue weighted by Gasteiger charge is 2.39. The smallest absolute Gasteiger partial charge is 0.373 e. The van der Waals surface area contributed by atoms with Gasteiger partial charge >= 0.3 is 24.1 Å². The predicted molar refractivity (Wildman–Crippen MR) is 231 cm³/mol. The van der Waals surface area contributed by atoms with Gasteiger partial charge in [0.25, 0.3) is 0 Å². The minimum Gasteiger partial charge on any atom is -0.461 e. The highest BCUT2D eigenvalue weighted by Crippen LogP contribution is 2.30. The summed E-state index contributed by atoms with van der Waals surface area (Å²) in [6, 6.07) is 10.5. The molecule has 20 heteroatoms. The second-order valence-corrected chi connectivity index (χ2v) is 15.1. The Hall–Kier alpha value is -6.05. The fourth-order valence-electron chi connectivity index (χ4n) is 5.85. The number of rotatable bonds is 23. The van der Waals surface area contributed by atoms with Crippen molar-refractivity contribution in [2.75, 3.05) is 18.5 Å². The SMILES string of the molecule is CCC(=O)C[C@H](C(=O)N[C@@H](CCCNC(N)=O)C(=O)Cc1ccc(COC(=O)CC)cc1)C(C)C.CCC(=O)Nc1cc(COC(=O)CC)ccc1OC1OC[C@@H](O)[C@H](O)[C@H]1O.O=C=O. The Morgan fingerprint density at radius 1 is 0.815 bits per heavy atom. The first-order valence-electron chi connectivity index (χ1n) is 21.4. The molecule has 1 aliphatic heterocycles. The summed E-state index contributed by atoms with van der Waals surface area (Å²) in [5.74, 6) is -1.77. The van der Waals surface area contributed by atoms with Gasteiger partial charge in [-0.05, 0) is 47.6 Å². The van der Waals surface area contributed by atoms with Gasteiger partial charge in [-0.2, -0.15) is 9.59 Å². The van der Waals surface area contributed by atoms with E-state index in [-0.39, 0.29) is 105 Å². The molecule has 360 valence electrons. The first kappa shape index (κ1) is 57.0. The lowest BCUT2D eigenvalue weighted by Crippen LogP contribution is -2.54. The van der Waals surface area contributed by atoms with Crippen LogP contribution in [0, 0.1) is 11.8 Å². The van der Waals surface area contributed by atoms with E-state index in [1.165, 1.54) is 6.07 Å². The highest BCUT2D eigenvalue weighted by atomic mass is 16.7. The number of nitrogens with two attached hydrogens (primary N) is 1. The van der Waals surface area contributed by atoms with Gasteiger partial charge in [-0.25, -0.2) is 4.79 Å². The largest absolute Gasteiger partial charge is 0.461 e. The van der Waals surface area contributed by atoms with Gasteiger partial charge in [-0.3, -0.25) is 28.8 Å². The molecule has 6 atom stereocenters.